The molecule has 1 aliphatic heterocycles. The van der Waals surface area contributed by atoms with E-state index in [1.165, 1.54) is 28.4 Å². The Balaban J connectivity index is 1.92. The van der Waals surface area contributed by atoms with Crippen molar-refractivity contribution in [1.82, 2.24) is 10.3 Å². The molecular weight excluding hydrogens is 256 g/mol. The maximum absolute atomic E-state index is 6.23. The second-order valence-electron chi connectivity index (χ2n) is 5.94. The van der Waals surface area contributed by atoms with Gasteiger partial charge in [-0.3, -0.25) is 0 Å². The molecule has 0 saturated heterocycles. The van der Waals surface area contributed by atoms with Crippen LogP contribution in [0.1, 0.15) is 55.1 Å². The van der Waals surface area contributed by atoms with Crippen molar-refractivity contribution in [3.63, 3.8) is 0 Å². The van der Waals surface area contributed by atoms with Crippen molar-refractivity contribution < 1.29 is 4.74 Å². The molecule has 1 aliphatic carbocycles. The van der Waals surface area contributed by atoms with Crippen LogP contribution >= 0.6 is 11.3 Å². The summed E-state index contributed by atoms with van der Waals surface area (Å²) >= 11 is 1.88. The quantitative estimate of drug-likeness (QED) is 0.923. The number of nitrogens with one attached hydrogen (secondary N) is 1. The van der Waals surface area contributed by atoms with Crippen molar-refractivity contribution in [2.24, 2.45) is 5.92 Å². The predicted molar refractivity (Wildman–Crippen MR) is 78.5 cm³/mol. The summed E-state index contributed by atoms with van der Waals surface area (Å²) < 4.78 is 6.23. The first-order chi connectivity index (χ1) is 9.23. The van der Waals surface area contributed by atoms with E-state index in [0.717, 1.165) is 44.9 Å². The minimum absolute atomic E-state index is 0.0889. The Bertz CT molecular complexity index is 418. The van der Waals surface area contributed by atoms with Crippen LogP contribution in [0.25, 0.3) is 0 Å². The number of nitrogens with zero attached hydrogens (tertiary/aromatic N) is 1. The fraction of sp³-hybridized carbons (Fsp3) is 0.800. The highest BCUT2D eigenvalue weighted by molar-refractivity contribution is 7.11. The fourth-order valence-electron chi connectivity index (χ4n) is 3.49. The zero-order chi connectivity index (χ0) is 13.3. The highest BCUT2D eigenvalue weighted by Gasteiger charge is 2.40. The predicted octanol–water partition coefficient (Wildman–Crippen LogP) is 3.23. The van der Waals surface area contributed by atoms with Crippen LogP contribution in [-0.2, 0) is 23.3 Å². The Morgan fingerprint density at radius 2 is 2.42 bits per heavy atom. The lowest BCUT2D eigenvalue weighted by molar-refractivity contribution is -0.0821. The third-order valence-electron chi connectivity index (χ3n) is 4.37. The Kier molecular flexibility index (Phi) is 3.92. The molecule has 3 nitrogen and oxygen atoms in total. The van der Waals surface area contributed by atoms with Crippen LogP contribution in [0.2, 0.25) is 0 Å². The highest BCUT2D eigenvalue weighted by atomic mass is 32.1. The summed E-state index contributed by atoms with van der Waals surface area (Å²) in [6, 6.07) is 0. The lowest BCUT2D eigenvalue weighted by Gasteiger charge is -2.38. The molecule has 0 radical (unpaired) electrons. The van der Waals surface area contributed by atoms with Crippen molar-refractivity contribution in [1.29, 1.82) is 0 Å². The Labute approximate surface area is 119 Å². The number of aromatic nitrogens is 1. The first-order valence-corrected chi connectivity index (χ1v) is 8.39. The van der Waals surface area contributed by atoms with Gasteiger partial charge in [0.1, 0.15) is 10.6 Å². The van der Waals surface area contributed by atoms with E-state index >= 15 is 0 Å². The van der Waals surface area contributed by atoms with E-state index < -0.39 is 0 Å². The van der Waals surface area contributed by atoms with E-state index in [4.69, 9.17) is 9.72 Å². The summed E-state index contributed by atoms with van der Waals surface area (Å²) in [6.07, 6.45) is 5.96. The van der Waals surface area contributed by atoms with Crippen LogP contribution in [-0.4, -0.2) is 18.1 Å². The molecule has 2 unspecified atom stereocenters. The molecule has 1 N–H and O–H groups in total. The van der Waals surface area contributed by atoms with Gasteiger partial charge in [0.15, 0.2) is 0 Å². The largest absolute Gasteiger partial charge is 0.368 e. The number of thiazole rings is 1. The molecule has 2 atom stereocenters. The lowest BCUT2D eigenvalue weighted by Crippen LogP contribution is -2.35. The molecule has 0 spiro atoms. The van der Waals surface area contributed by atoms with E-state index in [9.17, 15) is 0 Å². The maximum atomic E-state index is 6.23. The Morgan fingerprint density at radius 1 is 1.53 bits per heavy atom. The number of fused-ring (bicyclic) bond motifs is 1. The van der Waals surface area contributed by atoms with Crippen molar-refractivity contribution in [3.8, 4) is 0 Å². The van der Waals surface area contributed by atoms with E-state index in [2.05, 4.69) is 19.2 Å². The first-order valence-electron chi connectivity index (χ1n) is 7.57. The molecule has 0 bridgehead atoms. The molecule has 1 saturated carbocycles. The van der Waals surface area contributed by atoms with Crippen molar-refractivity contribution in [2.75, 3.05) is 13.2 Å². The van der Waals surface area contributed by atoms with Crippen LogP contribution in [0.5, 0.6) is 0 Å². The van der Waals surface area contributed by atoms with E-state index in [0.29, 0.717) is 0 Å². The topological polar surface area (TPSA) is 34.1 Å². The molecule has 1 fully saturated rings. The maximum Gasteiger partial charge on any atom is 0.125 e. The smallest absolute Gasteiger partial charge is 0.125 e. The van der Waals surface area contributed by atoms with Gasteiger partial charge in [0.2, 0.25) is 0 Å². The van der Waals surface area contributed by atoms with Gasteiger partial charge in [-0.05, 0) is 32.1 Å². The summed E-state index contributed by atoms with van der Waals surface area (Å²) in [5.74, 6) is 0.749. The molecule has 1 aromatic heterocycles. The van der Waals surface area contributed by atoms with Crippen LogP contribution in [0.3, 0.4) is 0 Å². The highest BCUT2D eigenvalue weighted by Crippen LogP contribution is 2.45. The second kappa shape index (κ2) is 5.51. The molecule has 1 aromatic rings. The molecule has 0 amide bonds. The van der Waals surface area contributed by atoms with Gasteiger partial charge < -0.3 is 10.1 Å². The minimum atomic E-state index is -0.0889. The third kappa shape index (κ3) is 2.58. The number of hydrogen-bond donors (Lipinski definition) is 1. The lowest BCUT2D eigenvalue weighted by atomic mass is 9.79. The van der Waals surface area contributed by atoms with Crippen LogP contribution < -0.4 is 5.32 Å². The third-order valence-corrected chi connectivity index (χ3v) is 5.65. The average molecular weight is 280 g/mol. The molecule has 0 aromatic carbocycles. The number of ether oxygens (including phenoxy) is 1. The standard InChI is InChI=1S/C15H24N2OS/c1-3-18-15(7-4-5-11(2)9-15)14-17-12-6-8-16-10-13(12)19-14/h11,16H,3-10H2,1-2H3. The monoisotopic (exact) mass is 280 g/mol. The van der Waals surface area contributed by atoms with Gasteiger partial charge in [-0.25, -0.2) is 4.98 Å². The van der Waals surface area contributed by atoms with Gasteiger partial charge >= 0.3 is 0 Å². The molecule has 2 heterocycles. The average Bonchev–Trinajstić information content (AvgIpc) is 2.83. The van der Waals surface area contributed by atoms with Crippen LogP contribution in [0, 0.1) is 5.92 Å². The van der Waals surface area contributed by atoms with E-state index in [1.54, 1.807) is 0 Å². The molecule has 4 heteroatoms. The molecule has 2 aliphatic rings. The van der Waals surface area contributed by atoms with Gasteiger partial charge in [0.25, 0.3) is 0 Å². The van der Waals surface area contributed by atoms with Gasteiger partial charge in [-0.15, -0.1) is 11.3 Å². The van der Waals surface area contributed by atoms with Gasteiger partial charge in [0, 0.05) is 31.0 Å². The Morgan fingerprint density at radius 3 is 3.16 bits per heavy atom. The Hall–Kier alpha value is -0.450. The zero-order valence-electron chi connectivity index (χ0n) is 12.0. The molecular formula is C15H24N2OS. The van der Waals surface area contributed by atoms with Gasteiger partial charge in [0.05, 0.1) is 5.69 Å². The number of hydrogen-bond acceptors (Lipinski definition) is 4. The van der Waals surface area contributed by atoms with Crippen molar-refractivity contribution in [3.05, 3.63) is 15.6 Å². The van der Waals surface area contributed by atoms with E-state index in [1.807, 2.05) is 11.3 Å². The summed E-state index contributed by atoms with van der Waals surface area (Å²) in [7, 11) is 0. The van der Waals surface area contributed by atoms with Crippen LogP contribution in [0.15, 0.2) is 0 Å². The molecule has 19 heavy (non-hydrogen) atoms. The normalized spacial score (nSPS) is 31.2. The SMILES string of the molecule is CCOC1(c2nc3c(s2)CNCC3)CCCC(C)C1. The summed E-state index contributed by atoms with van der Waals surface area (Å²) in [6.45, 7) is 7.30. The van der Waals surface area contributed by atoms with Gasteiger partial charge in [-0.2, -0.15) is 0 Å². The van der Waals surface area contributed by atoms with Gasteiger partial charge in [-0.1, -0.05) is 13.3 Å². The minimum Gasteiger partial charge on any atom is -0.368 e. The summed E-state index contributed by atoms with van der Waals surface area (Å²) in [5.41, 5.74) is 1.23. The second-order valence-corrected chi connectivity index (χ2v) is 7.03. The van der Waals surface area contributed by atoms with Crippen LogP contribution in [0.4, 0.5) is 0 Å². The summed E-state index contributed by atoms with van der Waals surface area (Å²) in [5, 5.41) is 4.69. The summed E-state index contributed by atoms with van der Waals surface area (Å²) in [4.78, 5) is 6.38. The van der Waals surface area contributed by atoms with Crippen molar-refractivity contribution in [2.45, 2.75) is 58.1 Å². The molecule has 3 rings (SSSR count). The fourth-order valence-corrected chi connectivity index (χ4v) is 4.75. The zero-order valence-corrected chi connectivity index (χ0v) is 12.8. The molecule has 106 valence electrons. The number of rotatable bonds is 3. The van der Waals surface area contributed by atoms with Crippen molar-refractivity contribution >= 4 is 11.3 Å². The van der Waals surface area contributed by atoms with E-state index in [-0.39, 0.29) is 5.60 Å². The first kappa shape index (κ1) is 13.5.